The van der Waals surface area contributed by atoms with Crippen molar-refractivity contribution in [2.24, 2.45) is 0 Å². The molecule has 27 rings (SSSR count). The maximum absolute atomic E-state index is 9.17. The molecule has 2 aromatic heterocycles. The van der Waals surface area contributed by atoms with E-state index in [2.05, 4.69) is 232 Å². The highest BCUT2D eigenvalue weighted by Crippen LogP contribution is 2.58. The van der Waals surface area contributed by atoms with Crippen molar-refractivity contribution in [3.05, 3.63) is 502 Å². The Morgan fingerprint density at radius 1 is 0.219 bits per heavy atom. The van der Waals surface area contributed by atoms with E-state index >= 15 is 0 Å². The predicted molar refractivity (Wildman–Crippen MR) is 608 cm³/mol. The zero-order valence-corrected chi connectivity index (χ0v) is 81.4. The fraction of sp³-hybridized carbons (Fsp3) is 0.0455. The first kappa shape index (κ1) is 78.7. The van der Waals surface area contributed by atoms with Gasteiger partial charge in [-0.25, -0.2) is 29.9 Å². The van der Waals surface area contributed by atoms with Gasteiger partial charge in [-0.3, -0.25) is 0 Å². The average Bonchev–Trinajstić information content (AvgIpc) is 1.55. The van der Waals surface area contributed by atoms with E-state index in [1.165, 1.54) is 16.7 Å². The topological polar surface area (TPSA) is 109 Å². The number of aromatic nitrogens is 6. The lowest BCUT2D eigenvalue weighted by Crippen LogP contribution is -2.41. The zero-order chi connectivity index (χ0) is 107. The van der Waals surface area contributed by atoms with Crippen LogP contribution in [0.4, 0.5) is 68.2 Å². The molecule has 7 heterocycles. The first-order valence-electron chi connectivity index (χ1n) is 53.6. The second-order valence-electron chi connectivity index (χ2n) is 37.2. The van der Waals surface area contributed by atoms with Crippen LogP contribution in [0.1, 0.15) is 44.3 Å². The highest BCUT2D eigenvalue weighted by Gasteiger charge is 2.52. The molecule has 1 fully saturated rings. The lowest BCUT2D eigenvalue weighted by molar-refractivity contribution is 0.00578. The first-order valence-corrected chi connectivity index (χ1v) is 49.4. The lowest BCUT2D eigenvalue weighted by atomic mass is 9.77. The second-order valence-corrected chi connectivity index (χ2v) is 38.1. The van der Waals surface area contributed by atoms with Gasteiger partial charge in [-0.2, -0.15) is 0 Å². The summed E-state index contributed by atoms with van der Waals surface area (Å²) in [6.45, 7) is 8.07. The minimum Gasteiger partial charge on any atom is -0.399 e. The van der Waals surface area contributed by atoms with Gasteiger partial charge in [0.15, 0.2) is 34.9 Å². The molecule has 12 nitrogen and oxygen atoms in total. The number of hydrogen-bond acceptors (Lipinski definition) is 12. The third-order valence-electron chi connectivity index (χ3n) is 27.9. The van der Waals surface area contributed by atoms with Gasteiger partial charge in [-0.15, -0.1) is 0 Å². The third-order valence-corrected chi connectivity index (χ3v) is 28.4. The number of anilines is 12. The molecule has 0 unspecified atom stereocenters. The minimum absolute atomic E-state index is 0. The Morgan fingerprint density at radius 2 is 0.459 bits per heavy atom. The van der Waals surface area contributed by atoms with E-state index in [9.17, 15) is 0 Å². The van der Waals surface area contributed by atoms with Gasteiger partial charge in [-0.1, -0.05) is 392 Å². The first-order chi connectivity index (χ1) is 76.0. The van der Waals surface area contributed by atoms with Crippen LogP contribution in [0.25, 0.3) is 168 Å². The Labute approximate surface area is 875 Å². The molecule has 698 valence electrons. The fourth-order valence-corrected chi connectivity index (χ4v) is 20.7. The summed E-state index contributed by atoms with van der Waals surface area (Å²) in [5.41, 5.74) is 32.9. The van der Waals surface area contributed by atoms with Crippen molar-refractivity contribution in [2.45, 2.75) is 38.9 Å². The summed E-state index contributed by atoms with van der Waals surface area (Å²) >= 11 is 3.73. The summed E-state index contributed by atoms with van der Waals surface area (Å²) in [6, 6.07) is 145. The van der Waals surface area contributed by atoms with Crippen LogP contribution in [-0.2, 0) is 9.31 Å². The number of nitrogens with zero attached hydrogens (tertiary/aromatic N) is 10. The smallest absolute Gasteiger partial charge is 0.399 e. The van der Waals surface area contributed by atoms with Crippen LogP contribution in [0.5, 0.6) is 0 Å². The van der Waals surface area contributed by atoms with Crippen LogP contribution in [-0.4, -0.2) is 48.2 Å². The summed E-state index contributed by atoms with van der Waals surface area (Å²) in [5, 5.41) is 0. The quantitative estimate of drug-likeness (QED) is 0.109. The third kappa shape index (κ3) is 16.6. The molecule has 0 N–H and O–H groups in total. The van der Waals surface area contributed by atoms with Gasteiger partial charge in [0.1, 0.15) is 0 Å². The summed E-state index contributed by atoms with van der Waals surface area (Å²) < 4.78 is 100. The maximum atomic E-state index is 9.17. The van der Waals surface area contributed by atoms with E-state index in [1.54, 1.807) is 4.90 Å². The number of hydrogen-bond donors (Lipinski definition) is 0. The molecule has 0 saturated carbocycles. The van der Waals surface area contributed by atoms with Gasteiger partial charge in [0, 0.05) is 108 Å². The van der Waals surface area contributed by atoms with Crippen molar-refractivity contribution < 1.29 is 25.9 Å². The van der Waals surface area contributed by atoms with E-state index in [-0.39, 0.29) is 62.6 Å². The van der Waals surface area contributed by atoms with Crippen LogP contribution < -0.4 is 25.1 Å². The van der Waals surface area contributed by atoms with Crippen LogP contribution in [0.3, 0.4) is 0 Å². The second kappa shape index (κ2) is 37.8. The van der Waals surface area contributed by atoms with Gasteiger partial charge < -0.3 is 28.9 Å². The molecule has 0 spiro atoms. The van der Waals surface area contributed by atoms with Gasteiger partial charge >= 0.3 is 7.12 Å². The number of para-hydroxylation sites is 6. The van der Waals surface area contributed by atoms with Crippen LogP contribution in [0.15, 0.2) is 502 Å². The number of halogens is 1. The normalized spacial score (nSPS) is 14.2. The SMILES string of the molecule is Brc1ccc2c(c1)-c1ccccc1-c1ccccc1N2c1cccc(-c2nc(-c3ccccc3)nc(-c3ccccc3)n2)c1.[2HH].[2H]c1c([2H])c([2H])c(N2c3ccccc3-c3ccccc3-c3cc(-c4ccc5c(c4)-c4ccccc4-c4ccccc4N5c4cccc(-c5nc(-c6ccccc6)nc(-c6ccccc6)n5)c4)ccc32)c([2H])c1[2H].[2H]c1c([2H])c([2H])c(N2c3ccccc3-c3ccccc3-c3cc(B4OC(C)(C)C(C)(C)O4)ccc32)c([2H])c1[2H].[HH]. The summed E-state index contributed by atoms with van der Waals surface area (Å²) in [5.74, 6) is 3.67. The highest BCUT2D eigenvalue weighted by atomic mass is 79.9. The molecule has 0 amide bonds. The Bertz CT molecular complexity index is 9270. The molecule has 5 aliphatic rings. The monoisotopic (exact) mass is 1960 g/mol. The Balaban J connectivity index is 0.000000136. The van der Waals surface area contributed by atoms with E-state index < -0.39 is 30.4 Å². The zero-order valence-electron chi connectivity index (χ0n) is 89.8. The molecule has 14 heteroatoms. The number of rotatable bonds is 12. The number of fused-ring (bicyclic) bond motifs is 20. The molecule has 22 aromatic rings. The largest absolute Gasteiger partial charge is 0.494 e. The van der Waals surface area contributed by atoms with E-state index in [1.807, 2.05) is 263 Å². The van der Waals surface area contributed by atoms with Crippen LogP contribution in [0, 0.1) is 0 Å². The molecule has 0 aliphatic carbocycles. The van der Waals surface area contributed by atoms with Crippen molar-refractivity contribution in [3.8, 4) is 168 Å². The molecule has 20 aromatic carbocycles. The van der Waals surface area contributed by atoms with Crippen molar-refractivity contribution in [1.29, 1.82) is 0 Å². The molecule has 5 aliphatic heterocycles. The maximum Gasteiger partial charge on any atom is 0.494 e. The minimum atomic E-state index is -0.577. The van der Waals surface area contributed by atoms with Gasteiger partial charge in [0.05, 0.1) is 70.4 Å². The van der Waals surface area contributed by atoms with E-state index in [0.29, 0.717) is 52.0 Å². The Morgan fingerprint density at radius 3 is 0.781 bits per heavy atom. The molecule has 146 heavy (non-hydrogen) atoms. The predicted octanol–water partition coefficient (Wildman–Crippen LogP) is 35.1. The highest BCUT2D eigenvalue weighted by molar-refractivity contribution is 9.10. The average molecular weight is 1960 g/mol. The van der Waals surface area contributed by atoms with Crippen molar-refractivity contribution >= 4 is 96.8 Å². The molecule has 0 atom stereocenters. The van der Waals surface area contributed by atoms with Crippen molar-refractivity contribution in [3.63, 3.8) is 0 Å². The van der Waals surface area contributed by atoms with Crippen LogP contribution >= 0.6 is 15.9 Å². The molecule has 1 saturated heterocycles. The standard InChI is InChI=1S/C63H41N5.C39H25BrN4.C30H28BNO2.2H2/c1-4-19-42(20-5-1)61-64-62(43-21-6-2-7-22-43)66-63(65-61)46-23-18-26-48(39-46)68-58-34-17-15-32-54(58)50-28-11-13-30-52(50)56-41-45(36-38-60(56)68)44-35-37-59-55(40-44)51-29-12-10-27-49(51)53-31-14-16-33-57(53)67(59)47-24-8-3-9-25-47;40-29-22-23-36-34(25-29)32-19-8-7-18-31(32)33-20-9-10-21-35(33)44(36)30-17-11-16-28(24-30)39-42-37(26-12-3-1-4-13-26)41-38(43-39)27-14-5-2-6-15-27;1-29(2)30(3,4)34-31(33-29)21-18-19-28-26(20-21)24-15-9-8-14-23(24)25-16-10-11-17-27(25)32(28)22-12-6-5-7-13-22;;/h1-41H;1-25H;5-20H,1-4H3;2*1H/i3D,8D,9D,24D,25D;;5D,6D,7D,12D,13D;1+1;. The fourth-order valence-electron chi connectivity index (χ4n) is 20.4. The molecular formula is C132H98BBrN10O2. The molecule has 0 radical (unpaired) electrons. The van der Waals surface area contributed by atoms with Gasteiger partial charge in [0.2, 0.25) is 0 Å². The van der Waals surface area contributed by atoms with Crippen molar-refractivity contribution in [1.82, 2.24) is 29.9 Å². The lowest BCUT2D eigenvalue weighted by Gasteiger charge is -2.32. The van der Waals surface area contributed by atoms with Crippen LogP contribution in [0.2, 0.25) is 0 Å². The summed E-state index contributed by atoms with van der Waals surface area (Å²) in [6.07, 6.45) is 0. The Kier molecular flexibility index (Phi) is 20.4. The Hall–Kier alpha value is -17.9. The molecule has 0 bridgehead atoms. The summed E-state index contributed by atoms with van der Waals surface area (Å²) in [7, 11) is -0.577. The van der Waals surface area contributed by atoms with Crippen molar-refractivity contribution in [2.75, 3.05) is 19.6 Å². The number of benzene rings is 20. The van der Waals surface area contributed by atoms with E-state index in [4.69, 9.17) is 52.9 Å². The van der Waals surface area contributed by atoms with Gasteiger partial charge in [0.25, 0.3) is 0 Å². The molecular weight excluding hydrogens is 1850 g/mol. The van der Waals surface area contributed by atoms with Gasteiger partial charge in [-0.05, 0) is 210 Å². The summed E-state index contributed by atoms with van der Waals surface area (Å²) in [4.78, 5) is 38.3. The van der Waals surface area contributed by atoms with E-state index in [0.717, 1.165) is 167 Å².